The van der Waals surface area contributed by atoms with Crippen LogP contribution in [0.3, 0.4) is 0 Å². The first-order valence-corrected chi connectivity index (χ1v) is 4.53. The Bertz CT molecular complexity index is 467. The van der Waals surface area contributed by atoms with Crippen molar-refractivity contribution in [3.63, 3.8) is 0 Å². The highest BCUT2D eigenvalue weighted by molar-refractivity contribution is 5.73. The average Bonchev–Trinajstić information content (AvgIpc) is 2.59. The predicted molar refractivity (Wildman–Crippen MR) is 51.7 cm³/mol. The van der Waals surface area contributed by atoms with E-state index in [4.69, 9.17) is 4.42 Å². The number of alkyl halides is 2. The zero-order valence-corrected chi connectivity index (χ0v) is 8.13. The standard InChI is InChI=1S/C10H10F2N2O/c1-13-5-9-14-7-4-6(10(11)12)2-3-8(7)15-9/h2-4,10,13H,5H2,1H3. The number of rotatable bonds is 3. The highest BCUT2D eigenvalue weighted by Crippen LogP contribution is 2.23. The molecule has 0 aliphatic rings. The molecule has 2 aromatic rings. The summed E-state index contributed by atoms with van der Waals surface area (Å²) in [6, 6.07) is 4.22. The van der Waals surface area contributed by atoms with Gasteiger partial charge in [-0.25, -0.2) is 13.8 Å². The molecule has 2 rings (SSSR count). The van der Waals surface area contributed by atoms with Crippen LogP contribution in [0.4, 0.5) is 8.78 Å². The minimum absolute atomic E-state index is 0.0354. The van der Waals surface area contributed by atoms with E-state index in [9.17, 15) is 8.78 Å². The topological polar surface area (TPSA) is 38.1 Å². The van der Waals surface area contributed by atoms with Crippen LogP contribution in [-0.2, 0) is 6.54 Å². The Balaban J connectivity index is 2.43. The lowest BCUT2D eigenvalue weighted by Gasteiger charge is -1.96. The lowest BCUT2D eigenvalue weighted by atomic mass is 10.2. The number of aromatic nitrogens is 1. The Kier molecular flexibility index (Phi) is 2.64. The van der Waals surface area contributed by atoms with E-state index in [2.05, 4.69) is 10.3 Å². The van der Waals surface area contributed by atoms with Crippen molar-refractivity contribution in [2.45, 2.75) is 13.0 Å². The molecule has 0 aliphatic carbocycles. The van der Waals surface area contributed by atoms with Gasteiger partial charge in [0.25, 0.3) is 6.43 Å². The van der Waals surface area contributed by atoms with Crippen LogP contribution >= 0.6 is 0 Å². The number of nitrogens with zero attached hydrogens (tertiary/aromatic N) is 1. The highest BCUT2D eigenvalue weighted by Gasteiger charge is 2.10. The summed E-state index contributed by atoms with van der Waals surface area (Å²) >= 11 is 0. The Morgan fingerprint density at radius 3 is 2.93 bits per heavy atom. The van der Waals surface area contributed by atoms with Gasteiger partial charge in [-0.2, -0.15) is 0 Å². The molecule has 5 heteroatoms. The summed E-state index contributed by atoms with van der Waals surface area (Å²) in [5.74, 6) is 0.499. The van der Waals surface area contributed by atoms with Gasteiger partial charge in [0.05, 0.1) is 6.54 Å². The van der Waals surface area contributed by atoms with Crippen LogP contribution in [0.5, 0.6) is 0 Å². The lowest BCUT2D eigenvalue weighted by molar-refractivity contribution is 0.151. The zero-order valence-electron chi connectivity index (χ0n) is 8.13. The van der Waals surface area contributed by atoms with Crippen LogP contribution in [0.2, 0.25) is 0 Å². The van der Waals surface area contributed by atoms with Crippen LogP contribution in [0.15, 0.2) is 22.6 Å². The predicted octanol–water partition coefficient (Wildman–Crippen LogP) is 2.48. The van der Waals surface area contributed by atoms with E-state index in [1.807, 2.05) is 0 Å². The fourth-order valence-corrected chi connectivity index (χ4v) is 1.35. The zero-order chi connectivity index (χ0) is 10.8. The Morgan fingerprint density at radius 2 is 2.27 bits per heavy atom. The van der Waals surface area contributed by atoms with Gasteiger partial charge in [0, 0.05) is 5.56 Å². The lowest BCUT2D eigenvalue weighted by Crippen LogP contribution is -2.04. The molecule has 0 amide bonds. The van der Waals surface area contributed by atoms with E-state index in [1.54, 1.807) is 7.05 Å². The second kappa shape index (κ2) is 3.94. The van der Waals surface area contributed by atoms with Crippen LogP contribution in [-0.4, -0.2) is 12.0 Å². The van der Waals surface area contributed by atoms with Gasteiger partial charge in [0.2, 0.25) is 5.89 Å². The fraction of sp³-hybridized carbons (Fsp3) is 0.300. The Hall–Kier alpha value is -1.49. The minimum atomic E-state index is -2.47. The molecule has 0 saturated carbocycles. The SMILES string of the molecule is CNCc1nc2cc(C(F)F)ccc2o1. The number of fused-ring (bicyclic) bond motifs is 1. The van der Waals surface area contributed by atoms with Crippen molar-refractivity contribution >= 4 is 11.1 Å². The third-order valence-electron chi connectivity index (χ3n) is 2.04. The Morgan fingerprint density at radius 1 is 1.47 bits per heavy atom. The molecular weight excluding hydrogens is 202 g/mol. The van der Waals surface area contributed by atoms with Crippen molar-refractivity contribution in [1.29, 1.82) is 0 Å². The van der Waals surface area contributed by atoms with E-state index in [1.165, 1.54) is 18.2 Å². The van der Waals surface area contributed by atoms with Gasteiger partial charge < -0.3 is 9.73 Å². The minimum Gasteiger partial charge on any atom is -0.439 e. The van der Waals surface area contributed by atoms with Gasteiger partial charge in [-0.15, -0.1) is 0 Å². The quantitative estimate of drug-likeness (QED) is 0.849. The number of nitrogens with one attached hydrogen (secondary N) is 1. The second-order valence-electron chi connectivity index (χ2n) is 3.17. The van der Waals surface area contributed by atoms with E-state index in [0.29, 0.717) is 23.5 Å². The van der Waals surface area contributed by atoms with Crippen molar-refractivity contribution in [1.82, 2.24) is 10.3 Å². The molecule has 0 fully saturated rings. The largest absolute Gasteiger partial charge is 0.439 e. The van der Waals surface area contributed by atoms with Crippen molar-refractivity contribution in [2.24, 2.45) is 0 Å². The van der Waals surface area contributed by atoms with Crippen LogP contribution in [0, 0.1) is 0 Å². The van der Waals surface area contributed by atoms with Crippen molar-refractivity contribution in [3.8, 4) is 0 Å². The number of benzene rings is 1. The van der Waals surface area contributed by atoms with Crippen molar-refractivity contribution in [3.05, 3.63) is 29.7 Å². The number of hydrogen-bond acceptors (Lipinski definition) is 3. The summed E-state index contributed by atoms with van der Waals surface area (Å²) < 4.78 is 30.1. The fourth-order valence-electron chi connectivity index (χ4n) is 1.35. The summed E-state index contributed by atoms with van der Waals surface area (Å²) in [4.78, 5) is 4.08. The van der Waals surface area contributed by atoms with E-state index in [0.717, 1.165) is 0 Å². The van der Waals surface area contributed by atoms with Gasteiger partial charge in [-0.3, -0.25) is 0 Å². The smallest absolute Gasteiger partial charge is 0.263 e. The maximum absolute atomic E-state index is 12.4. The molecule has 80 valence electrons. The van der Waals surface area contributed by atoms with Crippen LogP contribution in [0.25, 0.3) is 11.1 Å². The molecule has 0 saturated heterocycles. The van der Waals surface area contributed by atoms with E-state index >= 15 is 0 Å². The highest BCUT2D eigenvalue weighted by atomic mass is 19.3. The van der Waals surface area contributed by atoms with Gasteiger partial charge in [0.1, 0.15) is 5.52 Å². The molecule has 1 aromatic heterocycles. The number of oxazole rings is 1. The normalized spacial score (nSPS) is 11.5. The summed E-state index contributed by atoms with van der Waals surface area (Å²) in [5.41, 5.74) is 0.967. The maximum Gasteiger partial charge on any atom is 0.263 e. The summed E-state index contributed by atoms with van der Waals surface area (Å²) in [6.45, 7) is 0.485. The van der Waals surface area contributed by atoms with Gasteiger partial charge >= 0.3 is 0 Å². The molecule has 0 unspecified atom stereocenters. The summed E-state index contributed by atoms with van der Waals surface area (Å²) in [7, 11) is 1.76. The first kappa shape index (κ1) is 10.0. The van der Waals surface area contributed by atoms with Gasteiger partial charge in [-0.1, -0.05) is 0 Å². The molecule has 0 radical (unpaired) electrons. The molecule has 1 N–H and O–H groups in total. The van der Waals surface area contributed by atoms with E-state index in [-0.39, 0.29) is 5.56 Å². The molecule has 3 nitrogen and oxygen atoms in total. The summed E-state index contributed by atoms with van der Waals surface area (Å²) in [6.07, 6.45) is -2.47. The molecule has 0 bridgehead atoms. The second-order valence-corrected chi connectivity index (χ2v) is 3.17. The Labute approximate surface area is 85.1 Å². The van der Waals surface area contributed by atoms with Gasteiger partial charge in [0.15, 0.2) is 5.58 Å². The van der Waals surface area contributed by atoms with Gasteiger partial charge in [-0.05, 0) is 25.2 Å². The maximum atomic E-state index is 12.4. The molecule has 1 heterocycles. The third-order valence-corrected chi connectivity index (χ3v) is 2.04. The van der Waals surface area contributed by atoms with E-state index < -0.39 is 6.43 Å². The molecule has 0 atom stereocenters. The first-order valence-electron chi connectivity index (χ1n) is 4.53. The van der Waals surface area contributed by atoms with Crippen LogP contribution < -0.4 is 5.32 Å². The molecule has 0 spiro atoms. The van der Waals surface area contributed by atoms with Crippen LogP contribution in [0.1, 0.15) is 17.9 Å². The molecule has 1 aromatic carbocycles. The third kappa shape index (κ3) is 1.97. The number of halogens is 2. The molecular formula is C10H10F2N2O. The van der Waals surface area contributed by atoms with Crippen molar-refractivity contribution in [2.75, 3.05) is 7.05 Å². The number of hydrogen-bond donors (Lipinski definition) is 1. The molecule has 15 heavy (non-hydrogen) atoms. The van der Waals surface area contributed by atoms with Crippen molar-refractivity contribution < 1.29 is 13.2 Å². The molecule has 0 aliphatic heterocycles. The monoisotopic (exact) mass is 212 g/mol. The average molecular weight is 212 g/mol. The first-order chi connectivity index (χ1) is 7.20. The summed E-state index contributed by atoms with van der Waals surface area (Å²) in [5, 5.41) is 2.88.